The second-order valence-electron chi connectivity index (χ2n) is 5.65. The van der Waals surface area contributed by atoms with Gasteiger partial charge in [-0.25, -0.2) is 9.50 Å². The zero-order valence-corrected chi connectivity index (χ0v) is 13.2. The van der Waals surface area contributed by atoms with E-state index >= 15 is 0 Å². The Hall–Kier alpha value is -2.87. The lowest BCUT2D eigenvalue weighted by Gasteiger charge is -2.09. The largest absolute Gasteiger partial charge is 0.394 e. The predicted molar refractivity (Wildman–Crippen MR) is 90.5 cm³/mol. The van der Waals surface area contributed by atoms with Crippen molar-refractivity contribution in [2.45, 2.75) is 19.4 Å². The van der Waals surface area contributed by atoms with Gasteiger partial charge >= 0.3 is 0 Å². The fourth-order valence-corrected chi connectivity index (χ4v) is 2.76. The van der Waals surface area contributed by atoms with Crippen molar-refractivity contribution in [1.29, 1.82) is 0 Å². The fourth-order valence-electron chi connectivity index (χ4n) is 2.76. The van der Waals surface area contributed by atoms with Crippen LogP contribution in [-0.4, -0.2) is 54.7 Å². The molecule has 4 rings (SSSR count). The van der Waals surface area contributed by atoms with Crippen molar-refractivity contribution in [3.63, 3.8) is 0 Å². The van der Waals surface area contributed by atoms with Crippen molar-refractivity contribution >= 4 is 17.6 Å². The van der Waals surface area contributed by atoms with Crippen LogP contribution in [0.1, 0.15) is 18.5 Å². The zero-order valence-electron chi connectivity index (χ0n) is 13.2. The van der Waals surface area contributed by atoms with Crippen molar-refractivity contribution < 1.29 is 5.11 Å². The molecule has 1 aliphatic rings. The molecule has 8 nitrogen and oxygen atoms in total. The molecule has 0 aromatic carbocycles. The second kappa shape index (κ2) is 5.97. The van der Waals surface area contributed by atoms with Gasteiger partial charge in [0.05, 0.1) is 42.6 Å². The lowest BCUT2D eigenvalue weighted by atomic mass is 10.0. The number of aromatic nitrogens is 5. The van der Waals surface area contributed by atoms with Crippen LogP contribution >= 0.6 is 0 Å². The van der Waals surface area contributed by atoms with Crippen molar-refractivity contribution in [3.05, 3.63) is 36.4 Å². The molecular formula is C16H17N7O. The number of aliphatic imine (C=N–C) groups is 2. The van der Waals surface area contributed by atoms with Crippen molar-refractivity contribution in [2.75, 3.05) is 13.3 Å². The molecule has 1 unspecified atom stereocenters. The molecule has 3 aromatic rings. The van der Waals surface area contributed by atoms with Gasteiger partial charge in [0.1, 0.15) is 6.67 Å². The number of aliphatic hydroxyl groups excluding tert-OH is 1. The normalized spacial score (nSPS) is 15.2. The van der Waals surface area contributed by atoms with Crippen molar-refractivity contribution in [2.24, 2.45) is 9.98 Å². The molecule has 3 aromatic heterocycles. The molecule has 0 amide bonds. The van der Waals surface area contributed by atoms with Gasteiger partial charge in [-0.15, -0.1) is 0 Å². The summed E-state index contributed by atoms with van der Waals surface area (Å²) in [5.41, 5.74) is 4.41. The quantitative estimate of drug-likeness (QED) is 0.763. The van der Waals surface area contributed by atoms with E-state index in [4.69, 9.17) is 10.2 Å². The maximum atomic E-state index is 9.00. The topological polar surface area (TPSA) is 93.0 Å². The summed E-state index contributed by atoms with van der Waals surface area (Å²) in [4.78, 5) is 13.0. The number of imidazole rings is 1. The first-order chi connectivity index (χ1) is 11.8. The highest BCUT2D eigenvalue weighted by Crippen LogP contribution is 2.22. The Balaban J connectivity index is 1.73. The molecule has 0 fully saturated rings. The highest BCUT2D eigenvalue weighted by atomic mass is 16.3. The molecule has 0 saturated carbocycles. The molecule has 0 spiro atoms. The van der Waals surface area contributed by atoms with Gasteiger partial charge in [0, 0.05) is 23.9 Å². The molecule has 8 heteroatoms. The van der Waals surface area contributed by atoms with Crippen molar-refractivity contribution in [1.82, 2.24) is 24.4 Å². The Morgan fingerprint density at radius 2 is 2.21 bits per heavy atom. The van der Waals surface area contributed by atoms with Gasteiger partial charge < -0.3 is 5.11 Å². The van der Waals surface area contributed by atoms with E-state index < -0.39 is 0 Å². The Labute approximate surface area is 138 Å². The van der Waals surface area contributed by atoms with Gasteiger partial charge in [-0.3, -0.25) is 14.7 Å². The first kappa shape index (κ1) is 14.7. The van der Waals surface area contributed by atoms with Crippen LogP contribution in [0.2, 0.25) is 0 Å². The maximum absolute atomic E-state index is 9.00. The Morgan fingerprint density at radius 3 is 3.00 bits per heavy atom. The molecular weight excluding hydrogens is 306 g/mol. The molecule has 0 saturated heterocycles. The molecule has 1 aliphatic heterocycles. The van der Waals surface area contributed by atoms with Gasteiger partial charge in [-0.05, 0) is 12.1 Å². The summed E-state index contributed by atoms with van der Waals surface area (Å²) in [6.45, 7) is 3.10. The highest BCUT2D eigenvalue weighted by Gasteiger charge is 2.19. The van der Waals surface area contributed by atoms with Gasteiger partial charge in [-0.1, -0.05) is 6.92 Å². The van der Waals surface area contributed by atoms with Crippen LogP contribution < -0.4 is 0 Å². The molecule has 0 radical (unpaired) electrons. The summed E-state index contributed by atoms with van der Waals surface area (Å²) in [5, 5.41) is 17.9. The minimum Gasteiger partial charge on any atom is -0.394 e. The maximum Gasteiger partial charge on any atom is 0.153 e. The molecule has 24 heavy (non-hydrogen) atoms. The Bertz CT molecular complexity index is 937. The van der Waals surface area contributed by atoms with Gasteiger partial charge in [0.25, 0.3) is 0 Å². The first-order valence-corrected chi connectivity index (χ1v) is 7.79. The second-order valence-corrected chi connectivity index (χ2v) is 5.65. The van der Waals surface area contributed by atoms with E-state index in [9.17, 15) is 0 Å². The molecule has 1 atom stereocenters. The van der Waals surface area contributed by atoms with Crippen LogP contribution in [0.3, 0.4) is 0 Å². The molecule has 0 aliphatic carbocycles. The van der Waals surface area contributed by atoms with E-state index in [0.29, 0.717) is 13.2 Å². The zero-order chi connectivity index (χ0) is 16.5. The van der Waals surface area contributed by atoms with E-state index in [1.807, 2.05) is 35.3 Å². The number of hydrogen-bond donors (Lipinski definition) is 1. The van der Waals surface area contributed by atoms with Crippen LogP contribution in [0.5, 0.6) is 0 Å². The van der Waals surface area contributed by atoms with Crippen LogP contribution in [0.25, 0.3) is 16.9 Å². The first-order valence-electron chi connectivity index (χ1n) is 7.79. The minimum absolute atomic E-state index is 0.0560. The van der Waals surface area contributed by atoms with Crippen LogP contribution in [0.4, 0.5) is 0 Å². The van der Waals surface area contributed by atoms with Gasteiger partial charge in [0.15, 0.2) is 5.65 Å². The molecule has 0 bridgehead atoms. The standard InChI is InChI=1S/C16H17N7O/c1-11(14-7-17-10-19-14)15-8-18-16-3-2-13(21-23(15)16)12-6-20-22(9-12)4-5-24/h2-3,6-9,11,24H,4-5,10H2,1H3. The lowest BCUT2D eigenvalue weighted by Crippen LogP contribution is -2.12. The number of nitrogens with zero attached hydrogens (tertiary/aromatic N) is 7. The van der Waals surface area contributed by atoms with Gasteiger partial charge in [-0.2, -0.15) is 10.2 Å². The summed E-state index contributed by atoms with van der Waals surface area (Å²) in [7, 11) is 0. The van der Waals surface area contributed by atoms with Crippen LogP contribution in [0.15, 0.2) is 40.7 Å². The third kappa shape index (κ3) is 2.50. The summed E-state index contributed by atoms with van der Waals surface area (Å²) >= 11 is 0. The molecule has 1 N–H and O–H groups in total. The number of hydrogen-bond acceptors (Lipinski definition) is 6. The number of aliphatic hydroxyl groups is 1. The van der Waals surface area contributed by atoms with Crippen molar-refractivity contribution in [3.8, 4) is 11.3 Å². The summed E-state index contributed by atoms with van der Waals surface area (Å²) < 4.78 is 3.54. The SMILES string of the molecule is CC(C1=NCN=C1)c1cnc2ccc(-c3cnn(CCO)c3)nn12. The van der Waals surface area contributed by atoms with Gasteiger partial charge in [0.2, 0.25) is 0 Å². The summed E-state index contributed by atoms with van der Waals surface area (Å²) in [5.74, 6) is 0.0751. The minimum atomic E-state index is 0.0560. The van der Waals surface area contributed by atoms with E-state index in [1.165, 1.54) is 0 Å². The Morgan fingerprint density at radius 1 is 1.29 bits per heavy atom. The smallest absolute Gasteiger partial charge is 0.153 e. The molecule has 122 valence electrons. The van der Waals surface area contributed by atoms with E-state index in [-0.39, 0.29) is 12.5 Å². The average molecular weight is 323 g/mol. The predicted octanol–water partition coefficient (Wildman–Crippen LogP) is 1.17. The third-order valence-corrected chi connectivity index (χ3v) is 4.09. The lowest BCUT2D eigenvalue weighted by molar-refractivity contribution is 0.269. The third-order valence-electron chi connectivity index (χ3n) is 4.09. The average Bonchev–Trinajstić information content (AvgIpc) is 3.34. The van der Waals surface area contributed by atoms with E-state index in [1.54, 1.807) is 10.9 Å². The summed E-state index contributed by atoms with van der Waals surface area (Å²) in [6.07, 6.45) is 7.27. The van der Waals surface area contributed by atoms with Crippen LogP contribution in [-0.2, 0) is 6.54 Å². The number of fused-ring (bicyclic) bond motifs is 1. The highest BCUT2D eigenvalue weighted by molar-refractivity contribution is 6.33. The summed E-state index contributed by atoms with van der Waals surface area (Å²) in [6, 6.07) is 3.86. The fraction of sp³-hybridized carbons (Fsp3) is 0.312. The number of rotatable bonds is 5. The van der Waals surface area contributed by atoms with E-state index in [2.05, 4.69) is 27.0 Å². The molecule has 4 heterocycles. The monoisotopic (exact) mass is 323 g/mol. The Kier molecular flexibility index (Phi) is 3.66. The van der Waals surface area contributed by atoms with E-state index in [0.717, 1.165) is 28.3 Å². The van der Waals surface area contributed by atoms with Crippen LogP contribution in [0, 0.1) is 0 Å².